The summed E-state index contributed by atoms with van der Waals surface area (Å²) in [5.41, 5.74) is 0.102. The molecule has 28 heavy (non-hydrogen) atoms. The third kappa shape index (κ3) is 3.42. The van der Waals surface area contributed by atoms with Crippen LogP contribution in [0.25, 0.3) is 10.8 Å². The van der Waals surface area contributed by atoms with Crippen molar-refractivity contribution in [3.63, 3.8) is 0 Å². The van der Waals surface area contributed by atoms with E-state index in [4.69, 9.17) is 9.47 Å². The summed E-state index contributed by atoms with van der Waals surface area (Å²) in [4.78, 5) is 16.0. The number of methoxy groups -OCH3 is 2. The first kappa shape index (κ1) is 19.1. The van der Waals surface area contributed by atoms with Gasteiger partial charge in [0.2, 0.25) is 5.75 Å². The van der Waals surface area contributed by atoms with Gasteiger partial charge in [0.15, 0.2) is 22.9 Å². The summed E-state index contributed by atoms with van der Waals surface area (Å²) in [5.74, 6) is -2.46. The molecule has 4 N–H and O–H groups in total. The Balaban J connectivity index is 2.13. The number of fused-ring (bicyclic) bond motifs is 1. The summed E-state index contributed by atoms with van der Waals surface area (Å²) in [7, 11) is 2.63. The van der Waals surface area contributed by atoms with Crippen LogP contribution >= 0.6 is 0 Å². The maximum atomic E-state index is 11.9. The normalized spacial score (nSPS) is 10.8. The molecule has 9 heteroatoms. The van der Waals surface area contributed by atoms with Crippen LogP contribution in [0.2, 0.25) is 0 Å². The molecule has 2 aromatic carbocycles. The van der Waals surface area contributed by atoms with Crippen LogP contribution in [0.3, 0.4) is 0 Å². The number of nitrogens with zero attached hydrogens (tertiary/aromatic N) is 1. The van der Waals surface area contributed by atoms with Crippen molar-refractivity contribution in [1.82, 2.24) is 4.98 Å². The van der Waals surface area contributed by atoms with E-state index in [1.807, 2.05) is 0 Å². The first-order chi connectivity index (χ1) is 13.3. The number of rotatable bonds is 5. The SMILES string of the molecule is COCc1nc(C(=O)OC)c(O)c2ccc(Oc3c(O)cc(O)cc3O)cc12. The van der Waals surface area contributed by atoms with Gasteiger partial charge in [-0.2, -0.15) is 0 Å². The van der Waals surface area contributed by atoms with E-state index in [-0.39, 0.29) is 35.3 Å². The molecule has 0 saturated carbocycles. The van der Waals surface area contributed by atoms with E-state index in [1.165, 1.54) is 32.4 Å². The third-order valence-corrected chi connectivity index (χ3v) is 3.94. The van der Waals surface area contributed by atoms with Gasteiger partial charge in [-0.15, -0.1) is 0 Å². The van der Waals surface area contributed by atoms with E-state index in [0.29, 0.717) is 16.5 Å². The summed E-state index contributed by atoms with van der Waals surface area (Å²) in [6, 6.07) is 6.49. The number of hydrogen-bond acceptors (Lipinski definition) is 9. The minimum absolute atomic E-state index is 0.0416. The summed E-state index contributed by atoms with van der Waals surface area (Å²) in [6.07, 6.45) is 0. The lowest BCUT2D eigenvalue weighted by Gasteiger charge is -2.13. The smallest absolute Gasteiger partial charge is 0.360 e. The topological polar surface area (TPSA) is 139 Å². The van der Waals surface area contributed by atoms with Gasteiger partial charge in [0.1, 0.15) is 11.5 Å². The van der Waals surface area contributed by atoms with Crippen molar-refractivity contribution in [3.8, 4) is 34.5 Å². The molecule has 0 unspecified atom stereocenters. The highest BCUT2D eigenvalue weighted by atomic mass is 16.5. The molecule has 0 amide bonds. The number of ether oxygens (including phenoxy) is 3. The summed E-state index contributed by atoms with van der Waals surface area (Å²) in [6.45, 7) is 0.0416. The Morgan fingerprint density at radius 3 is 2.29 bits per heavy atom. The van der Waals surface area contributed by atoms with Crippen LogP contribution in [-0.4, -0.2) is 45.6 Å². The molecule has 3 rings (SSSR count). The quantitative estimate of drug-likeness (QED) is 0.487. The Bertz CT molecular complexity index is 1040. The van der Waals surface area contributed by atoms with Crippen molar-refractivity contribution in [2.45, 2.75) is 6.61 Å². The molecule has 0 aliphatic carbocycles. The number of esters is 1. The Kier molecular flexibility index (Phi) is 5.10. The van der Waals surface area contributed by atoms with Gasteiger partial charge in [-0.3, -0.25) is 0 Å². The average molecular weight is 387 g/mol. The van der Waals surface area contributed by atoms with Gasteiger partial charge in [0.25, 0.3) is 0 Å². The van der Waals surface area contributed by atoms with Crippen molar-refractivity contribution in [2.24, 2.45) is 0 Å². The molecular formula is C19H17NO8. The first-order valence-corrected chi connectivity index (χ1v) is 8.01. The average Bonchev–Trinajstić information content (AvgIpc) is 2.66. The molecule has 1 heterocycles. The van der Waals surface area contributed by atoms with Crippen LogP contribution in [-0.2, 0) is 16.1 Å². The molecule has 0 radical (unpaired) electrons. The molecule has 9 nitrogen and oxygen atoms in total. The number of carbonyl (C=O) groups is 1. The van der Waals surface area contributed by atoms with Crippen LogP contribution in [0, 0.1) is 0 Å². The molecule has 146 valence electrons. The highest BCUT2D eigenvalue weighted by Crippen LogP contribution is 2.43. The molecule has 0 saturated heterocycles. The summed E-state index contributed by atoms with van der Waals surface area (Å²) >= 11 is 0. The maximum absolute atomic E-state index is 11.9. The van der Waals surface area contributed by atoms with Gasteiger partial charge < -0.3 is 34.6 Å². The number of hydrogen-bond donors (Lipinski definition) is 4. The van der Waals surface area contributed by atoms with Crippen LogP contribution in [0.5, 0.6) is 34.5 Å². The number of benzene rings is 2. The molecule has 0 spiro atoms. The van der Waals surface area contributed by atoms with Crippen LogP contribution in [0.1, 0.15) is 16.2 Å². The second kappa shape index (κ2) is 7.49. The van der Waals surface area contributed by atoms with E-state index in [1.54, 1.807) is 0 Å². The molecule has 0 bridgehead atoms. The largest absolute Gasteiger partial charge is 0.508 e. The predicted molar refractivity (Wildman–Crippen MR) is 97.0 cm³/mol. The van der Waals surface area contributed by atoms with Crippen molar-refractivity contribution >= 4 is 16.7 Å². The summed E-state index contributed by atoms with van der Waals surface area (Å²) < 4.78 is 15.3. The van der Waals surface area contributed by atoms with Crippen molar-refractivity contribution < 1.29 is 39.4 Å². The van der Waals surface area contributed by atoms with Gasteiger partial charge >= 0.3 is 5.97 Å². The highest BCUT2D eigenvalue weighted by Gasteiger charge is 2.21. The zero-order valence-electron chi connectivity index (χ0n) is 15.0. The van der Waals surface area contributed by atoms with Gasteiger partial charge in [0.05, 0.1) is 19.4 Å². The molecule has 0 aliphatic heterocycles. The molecular weight excluding hydrogens is 370 g/mol. The van der Waals surface area contributed by atoms with Crippen LogP contribution in [0.4, 0.5) is 0 Å². The minimum Gasteiger partial charge on any atom is -0.508 e. The van der Waals surface area contributed by atoms with Gasteiger partial charge in [0, 0.05) is 30.0 Å². The lowest BCUT2D eigenvalue weighted by atomic mass is 10.1. The fourth-order valence-corrected chi connectivity index (χ4v) is 2.70. The second-order valence-corrected chi connectivity index (χ2v) is 5.80. The van der Waals surface area contributed by atoms with E-state index in [0.717, 1.165) is 12.1 Å². The lowest BCUT2D eigenvalue weighted by molar-refractivity contribution is 0.0590. The van der Waals surface area contributed by atoms with E-state index >= 15 is 0 Å². The second-order valence-electron chi connectivity index (χ2n) is 5.80. The standard InChI is InChI=1S/C19H17NO8/c1-26-8-13-12-7-10(28-18-14(22)5-9(21)6-15(18)23)3-4-11(12)17(24)16(20-13)19(25)27-2/h3-7,21-24H,8H2,1-2H3. The Hall–Kier alpha value is -3.72. The lowest BCUT2D eigenvalue weighted by Crippen LogP contribution is -2.08. The molecule has 0 atom stereocenters. The zero-order chi connectivity index (χ0) is 20.4. The number of carbonyl (C=O) groups excluding carboxylic acids is 1. The zero-order valence-corrected chi connectivity index (χ0v) is 15.0. The first-order valence-electron chi connectivity index (χ1n) is 8.01. The number of aromatic nitrogens is 1. The van der Waals surface area contributed by atoms with Gasteiger partial charge in [-0.1, -0.05) is 0 Å². The number of phenolic OH excluding ortho intramolecular Hbond substituents is 3. The monoisotopic (exact) mass is 387 g/mol. The van der Waals surface area contributed by atoms with E-state index in [9.17, 15) is 25.2 Å². The number of aromatic hydroxyl groups is 4. The summed E-state index contributed by atoms with van der Waals surface area (Å²) in [5, 5.41) is 40.3. The minimum atomic E-state index is -0.795. The molecule has 0 aliphatic rings. The fraction of sp³-hybridized carbons (Fsp3) is 0.158. The predicted octanol–water partition coefficient (Wildman–Crippen LogP) is 2.78. The Labute approximate surface area is 159 Å². The van der Waals surface area contributed by atoms with Gasteiger partial charge in [-0.05, 0) is 18.2 Å². The fourth-order valence-electron chi connectivity index (χ4n) is 2.70. The van der Waals surface area contributed by atoms with Crippen molar-refractivity contribution in [3.05, 3.63) is 41.7 Å². The maximum Gasteiger partial charge on any atom is 0.360 e. The Morgan fingerprint density at radius 1 is 1.00 bits per heavy atom. The Morgan fingerprint density at radius 2 is 1.68 bits per heavy atom. The van der Waals surface area contributed by atoms with Crippen molar-refractivity contribution in [1.29, 1.82) is 0 Å². The van der Waals surface area contributed by atoms with E-state index in [2.05, 4.69) is 9.72 Å². The highest BCUT2D eigenvalue weighted by molar-refractivity contribution is 6.00. The molecule has 3 aromatic rings. The third-order valence-electron chi connectivity index (χ3n) is 3.94. The molecule has 1 aromatic heterocycles. The van der Waals surface area contributed by atoms with Crippen molar-refractivity contribution in [2.75, 3.05) is 14.2 Å². The van der Waals surface area contributed by atoms with E-state index < -0.39 is 17.5 Å². The van der Waals surface area contributed by atoms with Gasteiger partial charge in [-0.25, -0.2) is 9.78 Å². The number of pyridine rings is 1. The molecule has 0 fully saturated rings. The van der Waals surface area contributed by atoms with Crippen LogP contribution in [0.15, 0.2) is 30.3 Å². The number of phenols is 3. The van der Waals surface area contributed by atoms with Crippen LogP contribution < -0.4 is 4.74 Å².